The van der Waals surface area contributed by atoms with Crippen LogP contribution in [0.2, 0.25) is 0 Å². The minimum Gasteiger partial charge on any atom is -0.361 e. The van der Waals surface area contributed by atoms with Crippen molar-refractivity contribution in [3.8, 4) is 0 Å². The van der Waals surface area contributed by atoms with Crippen LogP contribution >= 0.6 is 0 Å². The summed E-state index contributed by atoms with van der Waals surface area (Å²) in [7, 11) is 1.56. The number of fused-ring (bicyclic) bond motifs is 1. The summed E-state index contributed by atoms with van der Waals surface area (Å²) in [5, 5.41) is 3.88. The lowest BCUT2D eigenvalue weighted by Crippen LogP contribution is -2.29. The van der Waals surface area contributed by atoms with Crippen molar-refractivity contribution in [2.75, 3.05) is 0 Å². The van der Waals surface area contributed by atoms with Gasteiger partial charge < -0.3 is 9.09 Å². The monoisotopic (exact) mass is 275 g/mol. The largest absolute Gasteiger partial charge is 0.361 e. The summed E-state index contributed by atoms with van der Waals surface area (Å²) < 4.78 is 8.09. The van der Waals surface area contributed by atoms with Gasteiger partial charge in [0.25, 0.3) is 5.56 Å². The summed E-state index contributed by atoms with van der Waals surface area (Å²) in [5.74, 6) is 0.700. The molecule has 0 saturated heterocycles. The van der Waals surface area contributed by atoms with Crippen LogP contribution in [0, 0.1) is 13.8 Å². The number of hydrogen-bond donors (Lipinski definition) is 1. The third-order valence-electron chi connectivity index (χ3n) is 3.39. The quantitative estimate of drug-likeness (QED) is 0.714. The van der Waals surface area contributed by atoms with Crippen molar-refractivity contribution in [1.82, 2.24) is 24.3 Å². The van der Waals surface area contributed by atoms with E-state index in [1.165, 1.54) is 10.9 Å². The highest BCUT2D eigenvalue weighted by atomic mass is 16.5. The van der Waals surface area contributed by atoms with E-state index in [9.17, 15) is 9.59 Å². The number of aryl methyl sites for hydroxylation is 3. The molecule has 8 nitrogen and oxygen atoms in total. The number of hydrogen-bond acceptors (Lipinski definition) is 5. The predicted molar refractivity (Wildman–Crippen MR) is 70.7 cm³/mol. The molecular weight excluding hydrogens is 262 g/mol. The van der Waals surface area contributed by atoms with Crippen LogP contribution in [0.5, 0.6) is 0 Å². The maximum atomic E-state index is 12.0. The van der Waals surface area contributed by atoms with Gasteiger partial charge in [0.05, 0.1) is 18.6 Å². The van der Waals surface area contributed by atoms with Crippen molar-refractivity contribution in [3.63, 3.8) is 0 Å². The molecule has 1 N–H and O–H groups in total. The fraction of sp³-hybridized carbons (Fsp3) is 0.333. The fourth-order valence-corrected chi connectivity index (χ4v) is 2.20. The summed E-state index contributed by atoms with van der Waals surface area (Å²) in [6.07, 6.45) is 1.53. The second-order valence-electron chi connectivity index (χ2n) is 4.67. The summed E-state index contributed by atoms with van der Waals surface area (Å²) in [6, 6.07) is 0. The van der Waals surface area contributed by atoms with Gasteiger partial charge in [0.1, 0.15) is 5.76 Å². The van der Waals surface area contributed by atoms with Gasteiger partial charge in [-0.15, -0.1) is 0 Å². The van der Waals surface area contributed by atoms with Crippen LogP contribution in [0.3, 0.4) is 0 Å². The molecule has 104 valence electrons. The van der Waals surface area contributed by atoms with Gasteiger partial charge in [-0.2, -0.15) is 0 Å². The first kappa shape index (κ1) is 12.4. The van der Waals surface area contributed by atoms with E-state index in [2.05, 4.69) is 15.1 Å². The highest BCUT2D eigenvalue weighted by Gasteiger charge is 2.15. The first-order chi connectivity index (χ1) is 9.49. The van der Waals surface area contributed by atoms with Gasteiger partial charge in [-0.05, 0) is 13.8 Å². The molecule has 3 heterocycles. The Labute approximate surface area is 112 Å². The van der Waals surface area contributed by atoms with Crippen LogP contribution in [0.15, 0.2) is 20.4 Å². The lowest BCUT2D eigenvalue weighted by Gasteiger charge is -2.03. The Bertz CT molecular complexity index is 892. The third-order valence-corrected chi connectivity index (χ3v) is 3.39. The number of aromatic nitrogens is 5. The van der Waals surface area contributed by atoms with Gasteiger partial charge in [-0.3, -0.25) is 14.3 Å². The Balaban J connectivity index is 2.22. The topological polar surface area (TPSA) is 98.7 Å². The predicted octanol–water partition coefficient (Wildman–Crippen LogP) is 0.0764. The van der Waals surface area contributed by atoms with Crippen LogP contribution in [0.4, 0.5) is 0 Å². The molecule has 0 aliphatic heterocycles. The normalized spacial score (nSPS) is 11.3. The number of nitrogens with one attached hydrogen (secondary N) is 1. The van der Waals surface area contributed by atoms with Crippen molar-refractivity contribution in [2.45, 2.75) is 20.4 Å². The fourth-order valence-electron chi connectivity index (χ4n) is 2.20. The second-order valence-corrected chi connectivity index (χ2v) is 4.67. The molecule has 0 bridgehead atoms. The van der Waals surface area contributed by atoms with Crippen molar-refractivity contribution >= 4 is 11.2 Å². The van der Waals surface area contributed by atoms with E-state index in [0.29, 0.717) is 23.5 Å². The van der Waals surface area contributed by atoms with Gasteiger partial charge in [0.2, 0.25) is 0 Å². The van der Waals surface area contributed by atoms with Gasteiger partial charge in [0, 0.05) is 12.6 Å². The van der Waals surface area contributed by atoms with Crippen LogP contribution < -0.4 is 11.2 Å². The Morgan fingerprint density at radius 2 is 2.10 bits per heavy atom. The summed E-state index contributed by atoms with van der Waals surface area (Å²) in [4.78, 5) is 29.9. The van der Waals surface area contributed by atoms with E-state index in [4.69, 9.17) is 4.52 Å². The molecule has 0 aliphatic rings. The molecule has 0 fully saturated rings. The Kier molecular flexibility index (Phi) is 2.60. The van der Waals surface area contributed by atoms with Gasteiger partial charge in [0.15, 0.2) is 11.2 Å². The molecule has 0 atom stereocenters. The smallest absolute Gasteiger partial charge is 0.329 e. The van der Waals surface area contributed by atoms with E-state index >= 15 is 0 Å². The Morgan fingerprint density at radius 1 is 1.35 bits per heavy atom. The van der Waals surface area contributed by atoms with Crippen LogP contribution in [-0.2, 0) is 13.6 Å². The van der Waals surface area contributed by atoms with E-state index < -0.39 is 11.2 Å². The SMILES string of the molecule is Cc1noc(C)c1Cn1cnc2c1c(=O)[nH]c(=O)n2C. The van der Waals surface area contributed by atoms with E-state index in [1.54, 1.807) is 11.6 Å². The van der Waals surface area contributed by atoms with Crippen molar-refractivity contribution in [1.29, 1.82) is 0 Å². The summed E-state index contributed by atoms with van der Waals surface area (Å²) in [5.41, 5.74) is 1.44. The van der Waals surface area contributed by atoms with Gasteiger partial charge in [-0.25, -0.2) is 9.78 Å². The van der Waals surface area contributed by atoms with Gasteiger partial charge >= 0.3 is 5.69 Å². The molecule has 3 rings (SSSR count). The average Bonchev–Trinajstić information content (AvgIpc) is 2.95. The zero-order valence-electron chi connectivity index (χ0n) is 11.3. The van der Waals surface area contributed by atoms with Crippen molar-refractivity contribution < 1.29 is 4.52 Å². The van der Waals surface area contributed by atoms with Crippen LogP contribution in [-0.4, -0.2) is 24.3 Å². The maximum Gasteiger partial charge on any atom is 0.329 e. The third kappa shape index (κ3) is 1.68. The molecule has 0 radical (unpaired) electrons. The number of aromatic amines is 1. The number of nitrogens with zero attached hydrogens (tertiary/aromatic N) is 4. The molecule has 3 aromatic rings. The number of H-pyrrole nitrogens is 1. The second kappa shape index (κ2) is 4.19. The molecule has 20 heavy (non-hydrogen) atoms. The standard InChI is InChI=1S/C12H13N5O3/c1-6-8(7(2)20-15-6)4-17-5-13-10-9(17)11(18)14-12(19)16(10)3/h5H,4H2,1-3H3,(H,14,18,19). The number of imidazole rings is 1. The lowest BCUT2D eigenvalue weighted by molar-refractivity contribution is 0.392. The lowest BCUT2D eigenvalue weighted by atomic mass is 10.2. The summed E-state index contributed by atoms with van der Waals surface area (Å²) in [6.45, 7) is 4.07. The first-order valence-electron chi connectivity index (χ1n) is 6.05. The highest BCUT2D eigenvalue weighted by molar-refractivity contribution is 5.69. The molecule has 8 heteroatoms. The van der Waals surface area contributed by atoms with E-state index in [-0.39, 0.29) is 0 Å². The first-order valence-corrected chi connectivity index (χ1v) is 6.05. The van der Waals surface area contributed by atoms with E-state index in [1.807, 2.05) is 13.8 Å². The Morgan fingerprint density at radius 3 is 2.75 bits per heavy atom. The molecular formula is C12H13N5O3. The summed E-state index contributed by atoms with van der Waals surface area (Å²) >= 11 is 0. The van der Waals surface area contributed by atoms with Crippen molar-refractivity contribution in [2.24, 2.45) is 7.05 Å². The van der Waals surface area contributed by atoms with Gasteiger partial charge in [-0.1, -0.05) is 5.16 Å². The molecule has 0 aliphatic carbocycles. The minimum absolute atomic E-state index is 0.352. The zero-order chi connectivity index (χ0) is 14.4. The van der Waals surface area contributed by atoms with Crippen LogP contribution in [0.1, 0.15) is 17.0 Å². The molecule has 0 unspecified atom stereocenters. The van der Waals surface area contributed by atoms with Crippen molar-refractivity contribution in [3.05, 3.63) is 44.2 Å². The van der Waals surface area contributed by atoms with E-state index in [0.717, 1.165) is 11.3 Å². The molecule has 0 amide bonds. The number of rotatable bonds is 2. The minimum atomic E-state index is -0.481. The molecule has 0 saturated carbocycles. The Hall–Kier alpha value is -2.64. The molecule has 3 aromatic heterocycles. The maximum absolute atomic E-state index is 12.0. The average molecular weight is 275 g/mol. The highest BCUT2D eigenvalue weighted by Crippen LogP contribution is 2.15. The molecule has 0 aromatic carbocycles. The zero-order valence-corrected chi connectivity index (χ0v) is 11.3. The van der Waals surface area contributed by atoms with Crippen LogP contribution in [0.25, 0.3) is 11.2 Å². The molecule has 0 spiro atoms.